The first-order chi connectivity index (χ1) is 15.2. The van der Waals surface area contributed by atoms with Crippen LogP contribution in [0, 0.1) is 0 Å². The smallest absolute Gasteiger partial charge is 0.239 e. The third-order valence-corrected chi connectivity index (χ3v) is 6.69. The topological polar surface area (TPSA) is 92.1 Å². The fourth-order valence-electron chi connectivity index (χ4n) is 4.38. The molecule has 162 valence electrons. The SMILES string of the molecule is O=C(CN1CCC(N2CCCC2)CC1)Nc1cc(-n2cccn2)nc(-c2nccs2)n1. The Morgan fingerprint density at radius 2 is 1.97 bits per heavy atom. The Balaban J connectivity index is 1.24. The average Bonchev–Trinajstić information content (AvgIpc) is 3.58. The van der Waals surface area contributed by atoms with Crippen LogP contribution >= 0.6 is 11.3 Å². The van der Waals surface area contributed by atoms with E-state index in [1.807, 2.05) is 17.6 Å². The first-order valence-corrected chi connectivity index (χ1v) is 11.7. The number of amides is 1. The molecule has 31 heavy (non-hydrogen) atoms. The van der Waals surface area contributed by atoms with Crippen molar-refractivity contribution >= 4 is 23.1 Å². The summed E-state index contributed by atoms with van der Waals surface area (Å²) in [7, 11) is 0. The highest BCUT2D eigenvalue weighted by atomic mass is 32.1. The standard InChI is InChI=1S/C21H26N8OS/c30-19(15-27-11-4-16(5-12-27)28-8-1-2-9-28)24-17-14-18(29-10-3-6-23-29)26-20(25-17)21-22-7-13-31-21/h3,6-7,10,13-14,16H,1-2,4-5,8-9,11-12,15H2,(H,24,25,26,30). The van der Waals surface area contributed by atoms with Crippen LogP contribution in [0.2, 0.25) is 0 Å². The molecule has 10 heteroatoms. The maximum Gasteiger partial charge on any atom is 0.239 e. The Morgan fingerprint density at radius 3 is 2.68 bits per heavy atom. The monoisotopic (exact) mass is 438 g/mol. The van der Waals surface area contributed by atoms with Gasteiger partial charge in [-0.15, -0.1) is 11.3 Å². The number of thiazole rings is 1. The van der Waals surface area contributed by atoms with Gasteiger partial charge in [0.1, 0.15) is 5.82 Å². The first kappa shape index (κ1) is 20.2. The lowest BCUT2D eigenvalue weighted by Gasteiger charge is -2.36. The summed E-state index contributed by atoms with van der Waals surface area (Å²) in [5, 5.41) is 9.78. The van der Waals surface area contributed by atoms with Crippen molar-refractivity contribution in [2.45, 2.75) is 31.7 Å². The summed E-state index contributed by atoms with van der Waals surface area (Å²) in [6.07, 6.45) is 10.1. The fourth-order valence-corrected chi connectivity index (χ4v) is 4.95. The Hall–Kier alpha value is -2.69. The molecule has 3 aromatic heterocycles. The van der Waals surface area contributed by atoms with E-state index in [0.717, 1.165) is 25.9 Å². The van der Waals surface area contributed by atoms with Crippen LogP contribution in [0.5, 0.6) is 0 Å². The van der Waals surface area contributed by atoms with E-state index in [2.05, 4.69) is 35.2 Å². The molecule has 1 amide bonds. The number of nitrogens with one attached hydrogen (secondary N) is 1. The minimum Gasteiger partial charge on any atom is -0.309 e. The quantitative estimate of drug-likeness (QED) is 0.631. The molecular weight excluding hydrogens is 412 g/mol. The van der Waals surface area contributed by atoms with Gasteiger partial charge in [0.25, 0.3) is 0 Å². The number of aromatic nitrogens is 5. The van der Waals surface area contributed by atoms with Crippen LogP contribution in [0.1, 0.15) is 25.7 Å². The van der Waals surface area contributed by atoms with Crippen molar-refractivity contribution in [2.24, 2.45) is 0 Å². The maximum absolute atomic E-state index is 12.8. The molecule has 3 aromatic rings. The second-order valence-electron chi connectivity index (χ2n) is 8.02. The van der Waals surface area contributed by atoms with Crippen molar-refractivity contribution in [1.29, 1.82) is 0 Å². The van der Waals surface area contributed by atoms with Crippen molar-refractivity contribution in [3.05, 3.63) is 36.1 Å². The summed E-state index contributed by atoms with van der Waals surface area (Å²) in [4.78, 5) is 31.0. The molecule has 0 saturated carbocycles. The number of carbonyl (C=O) groups is 1. The zero-order valence-corrected chi connectivity index (χ0v) is 18.2. The predicted octanol–water partition coefficient (Wildman–Crippen LogP) is 2.28. The van der Waals surface area contributed by atoms with E-state index in [9.17, 15) is 4.79 Å². The van der Waals surface area contributed by atoms with E-state index >= 15 is 0 Å². The summed E-state index contributed by atoms with van der Waals surface area (Å²) < 4.78 is 1.65. The Kier molecular flexibility index (Phi) is 6.01. The Labute approximate surface area is 185 Å². The summed E-state index contributed by atoms with van der Waals surface area (Å²) in [5.41, 5.74) is 0. The average molecular weight is 439 g/mol. The van der Waals surface area contributed by atoms with Gasteiger partial charge in [-0.2, -0.15) is 5.10 Å². The maximum atomic E-state index is 12.8. The van der Waals surface area contributed by atoms with E-state index < -0.39 is 0 Å². The lowest BCUT2D eigenvalue weighted by Crippen LogP contribution is -2.45. The molecule has 1 N–H and O–H groups in total. The zero-order chi connectivity index (χ0) is 21.0. The van der Waals surface area contributed by atoms with Crippen LogP contribution in [0.4, 0.5) is 5.82 Å². The summed E-state index contributed by atoms with van der Waals surface area (Å²) in [6, 6.07) is 4.25. The molecule has 9 nitrogen and oxygen atoms in total. The van der Waals surface area contributed by atoms with Gasteiger partial charge in [-0.05, 0) is 44.8 Å². The number of hydrogen-bond donors (Lipinski definition) is 1. The van der Waals surface area contributed by atoms with Crippen molar-refractivity contribution < 1.29 is 4.79 Å². The van der Waals surface area contributed by atoms with Gasteiger partial charge in [-0.25, -0.2) is 19.6 Å². The van der Waals surface area contributed by atoms with Crippen LogP contribution in [-0.2, 0) is 4.79 Å². The van der Waals surface area contributed by atoms with Gasteiger partial charge < -0.3 is 10.2 Å². The molecule has 0 unspecified atom stereocenters. The molecule has 2 fully saturated rings. The minimum absolute atomic E-state index is 0.0603. The van der Waals surface area contributed by atoms with Crippen molar-refractivity contribution in [1.82, 2.24) is 34.5 Å². The van der Waals surface area contributed by atoms with Gasteiger partial charge in [-0.3, -0.25) is 9.69 Å². The van der Waals surface area contributed by atoms with Crippen LogP contribution in [0.25, 0.3) is 16.6 Å². The zero-order valence-electron chi connectivity index (χ0n) is 17.4. The molecule has 5 heterocycles. The van der Waals surface area contributed by atoms with Crippen LogP contribution in [0.15, 0.2) is 36.1 Å². The molecule has 0 aromatic carbocycles. The number of nitrogens with zero attached hydrogens (tertiary/aromatic N) is 7. The second kappa shape index (κ2) is 9.21. The molecule has 0 spiro atoms. The summed E-state index contributed by atoms with van der Waals surface area (Å²) in [6.45, 7) is 4.76. The van der Waals surface area contributed by atoms with Gasteiger partial charge in [-0.1, -0.05) is 0 Å². The van der Waals surface area contributed by atoms with E-state index in [1.54, 1.807) is 23.1 Å². The molecule has 0 radical (unpaired) electrons. The molecule has 0 atom stereocenters. The van der Waals surface area contributed by atoms with Gasteiger partial charge in [0.15, 0.2) is 16.6 Å². The number of likely N-dealkylation sites (tertiary alicyclic amines) is 2. The predicted molar refractivity (Wildman–Crippen MR) is 119 cm³/mol. The molecule has 0 bridgehead atoms. The first-order valence-electron chi connectivity index (χ1n) is 10.8. The van der Waals surface area contributed by atoms with Crippen molar-refractivity contribution in [3.8, 4) is 16.6 Å². The van der Waals surface area contributed by atoms with E-state index in [-0.39, 0.29) is 5.91 Å². The molecule has 5 rings (SSSR count). The number of piperidine rings is 1. The normalized spacial score (nSPS) is 18.5. The molecular formula is C21H26N8OS. The van der Waals surface area contributed by atoms with E-state index in [0.29, 0.717) is 35.1 Å². The van der Waals surface area contributed by atoms with Crippen molar-refractivity contribution in [2.75, 3.05) is 38.0 Å². The van der Waals surface area contributed by atoms with Gasteiger partial charge in [0, 0.05) is 49.2 Å². The highest BCUT2D eigenvalue weighted by Crippen LogP contribution is 2.23. The summed E-state index contributed by atoms with van der Waals surface area (Å²) >= 11 is 1.46. The Morgan fingerprint density at radius 1 is 1.13 bits per heavy atom. The third kappa shape index (κ3) is 4.81. The van der Waals surface area contributed by atoms with Crippen LogP contribution < -0.4 is 5.32 Å². The minimum atomic E-state index is -0.0603. The number of anilines is 1. The molecule has 2 saturated heterocycles. The van der Waals surface area contributed by atoms with Gasteiger partial charge in [0.05, 0.1) is 6.54 Å². The Bertz CT molecular complexity index is 940. The lowest BCUT2D eigenvalue weighted by atomic mass is 10.0. The second-order valence-corrected chi connectivity index (χ2v) is 8.92. The molecule has 2 aliphatic rings. The summed E-state index contributed by atoms with van der Waals surface area (Å²) in [5.74, 6) is 1.47. The van der Waals surface area contributed by atoms with Crippen molar-refractivity contribution in [3.63, 3.8) is 0 Å². The highest BCUT2D eigenvalue weighted by Gasteiger charge is 2.27. The molecule has 0 aliphatic carbocycles. The van der Waals surface area contributed by atoms with Crippen LogP contribution in [-0.4, -0.2) is 79.2 Å². The highest BCUT2D eigenvalue weighted by molar-refractivity contribution is 7.13. The fraction of sp³-hybridized carbons (Fsp3) is 0.476. The van der Waals surface area contributed by atoms with E-state index in [1.165, 1.54) is 37.3 Å². The molecule has 2 aliphatic heterocycles. The lowest BCUT2D eigenvalue weighted by molar-refractivity contribution is -0.117. The number of rotatable bonds is 6. The van der Waals surface area contributed by atoms with Gasteiger partial charge in [0.2, 0.25) is 5.91 Å². The number of carbonyl (C=O) groups excluding carboxylic acids is 1. The largest absolute Gasteiger partial charge is 0.309 e. The van der Waals surface area contributed by atoms with Crippen LogP contribution in [0.3, 0.4) is 0 Å². The number of hydrogen-bond acceptors (Lipinski definition) is 8. The third-order valence-electron chi connectivity index (χ3n) is 5.92. The van der Waals surface area contributed by atoms with Gasteiger partial charge >= 0.3 is 0 Å². The van der Waals surface area contributed by atoms with E-state index in [4.69, 9.17) is 0 Å².